The van der Waals surface area contributed by atoms with E-state index >= 15 is 0 Å². The first-order chi connectivity index (χ1) is 8.45. The second-order valence-corrected chi connectivity index (χ2v) is 5.17. The van der Waals surface area contributed by atoms with Crippen molar-refractivity contribution in [3.63, 3.8) is 0 Å². The molecule has 0 spiro atoms. The predicted octanol–water partition coefficient (Wildman–Crippen LogP) is 0.904. The molecule has 0 rings (SSSR count). The van der Waals surface area contributed by atoms with Crippen molar-refractivity contribution < 1.29 is 4.74 Å². The highest BCUT2D eigenvalue weighted by molar-refractivity contribution is 5.77. The van der Waals surface area contributed by atoms with E-state index in [1.807, 2.05) is 6.92 Å². The fourth-order valence-electron chi connectivity index (χ4n) is 1.44. The summed E-state index contributed by atoms with van der Waals surface area (Å²) in [6, 6.07) is 0. The molecule has 0 aliphatic heterocycles. The molecule has 0 aromatic rings. The normalized spacial score (nSPS) is 14.3. The molecule has 5 nitrogen and oxygen atoms in total. The molecule has 0 amide bonds. The fourth-order valence-corrected chi connectivity index (χ4v) is 1.44. The van der Waals surface area contributed by atoms with E-state index in [1.54, 1.807) is 0 Å². The number of nitrogens with two attached hydrogens (primary N) is 1. The predicted molar refractivity (Wildman–Crippen MR) is 77.9 cm³/mol. The lowest BCUT2D eigenvalue weighted by atomic mass is 10.2. The van der Waals surface area contributed by atoms with Crippen molar-refractivity contribution in [1.29, 1.82) is 0 Å². The van der Waals surface area contributed by atoms with Gasteiger partial charge in [-0.1, -0.05) is 13.8 Å². The summed E-state index contributed by atoms with van der Waals surface area (Å²) in [5.74, 6) is 1.04. The number of hydrogen-bond acceptors (Lipinski definition) is 3. The Hall–Kier alpha value is -0.810. The lowest BCUT2D eigenvalue weighted by molar-refractivity contribution is 0.0549. The summed E-state index contributed by atoms with van der Waals surface area (Å²) < 4.78 is 5.67. The Bertz CT molecular complexity index is 229. The number of hydrogen-bond donors (Lipinski definition) is 2. The first-order valence-corrected chi connectivity index (χ1v) is 6.75. The van der Waals surface area contributed by atoms with Gasteiger partial charge in [0.1, 0.15) is 0 Å². The lowest BCUT2D eigenvalue weighted by Gasteiger charge is -2.20. The van der Waals surface area contributed by atoms with Gasteiger partial charge >= 0.3 is 0 Å². The SMILES string of the molecule is CCOC(CCN(C)C)CNC(N)=NCC(C)C. The van der Waals surface area contributed by atoms with Crippen molar-refractivity contribution in [1.82, 2.24) is 10.2 Å². The van der Waals surface area contributed by atoms with Crippen molar-refractivity contribution in [2.24, 2.45) is 16.6 Å². The van der Waals surface area contributed by atoms with Crippen LogP contribution in [0.5, 0.6) is 0 Å². The first-order valence-electron chi connectivity index (χ1n) is 6.75. The highest BCUT2D eigenvalue weighted by Crippen LogP contribution is 1.98. The van der Waals surface area contributed by atoms with Gasteiger partial charge in [-0.2, -0.15) is 0 Å². The quantitative estimate of drug-likeness (QED) is 0.476. The molecule has 1 unspecified atom stereocenters. The molecule has 108 valence electrons. The van der Waals surface area contributed by atoms with Crippen molar-refractivity contribution in [3.8, 4) is 0 Å². The first kappa shape index (κ1) is 17.2. The number of guanidine groups is 1. The lowest BCUT2D eigenvalue weighted by Crippen LogP contribution is -2.39. The van der Waals surface area contributed by atoms with Crippen molar-refractivity contribution >= 4 is 5.96 Å². The van der Waals surface area contributed by atoms with Gasteiger partial charge in [-0.25, -0.2) is 0 Å². The van der Waals surface area contributed by atoms with Crippen LogP contribution in [0.25, 0.3) is 0 Å². The van der Waals surface area contributed by atoms with Crippen LogP contribution in [0.2, 0.25) is 0 Å². The van der Waals surface area contributed by atoms with Crippen LogP contribution in [0.1, 0.15) is 27.2 Å². The zero-order chi connectivity index (χ0) is 14.0. The Kier molecular flexibility index (Phi) is 9.69. The van der Waals surface area contributed by atoms with Crippen molar-refractivity contribution in [2.45, 2.75) is 33.3 Å². The highest BCUT2D eigenvalue weighted by Gasteiger charge is 2.09. The number of aliphatic imine (C=N–C) groups is 1. The smallest absolute Gasteiger partial charge is 0.188 e. The summed E-state index contributed by atoms with van der Waals surface area (Å²) in [7, 11) is 4.13. The summed E-state index contributed by atoms with van der Waals surface area (Å²) in [6.45, 7) is 9.47. The van der Waals surface area contributed by atoms with Gasteiger partial charge < -0.3 is 20.7 Å². The van der Waals surface area contributed by atoms with Gasteiger partial charge in [0.25, 0.3) is 0 Å². The monoisotopic (exact) mass is 258 g/mol. The molecule has 18 heavy (non-hydrogen) atoms. The van der Waals surface area contributed by atoms with E-state index in [0.29, 0.717) is 11.9 Å². The summed E-state index contributed by atoms with van der Waals surface area (Å²) >= 11 is 0. The minimum atomic E-state index is 0.185. The van der Waals surface area contributed by atoms with Crippen LogP contribution in [0.3, 0.4) is 0 Å². The van der Waals surface area contributed by atoms with Crippen molar-refractivity contribution in [3.05, 3.63) is 0 Å². The Morgan fingerprint density at radius 3 is 2.56 bits per heavy atom. The van der Waals surface area contributed by atoms with Crippen LogP contribution in [-0.4, -0.2) is 57.3 Å². The van der Waals surface area contributed by atoms with E-state index in [2.05, 4.69) is 43.2 Å². The van der Waals surface area contributed by atoms with E-state index in [4.69, 9.17) is 10.5 Å². The van der Waals surface area contributed by atoms with E-state index in [1.165, 1.54) is 0 Å². The van der Waals surface area contributed by atoms with Crippen LogP contribution in [0.15, 0.2) is 4.99 Å². The van der Waals surface area contributed by atoms with Gasteiger partial charge in [0.2, 0.25) is 0 Å². The molecule has 5 heteroatoms. The molecule has 0 aromatic carbocycles. The van der Waals surface area contributed by atoms with Crippen LogP contribution in [-0.2, 0) is 4.74 Å². The van der Waals surface area contributed by atoms with Gasteiger partial charge in [-0.3, -0.25) is 4.99 Å². The average Bonchev–Trinajstić information content (AvgIpc) is 2.29. The second kappa shape index (κ2) is 10.1. The third-order valence-electron chi connectivity index (χ3n) is 2.44. The molecule has 0 aliphatic carbocycles. The van der Waals surface area contributed by atoms with Gasteiger partial charge in [0, 0.05) is 26.2 Å². The average molecular weight is 258 g/mol. The molecule has 0 saturated heterocycles. The molecule has 0 bridgehead atoms. The van der Waals surface area contributed by atoms with E-state index < -0.39 is 0 Å². The van der Waals surface area contributed by atoms with Gasteiger partial charge in [0.15, 0.2) is 5.96 Å². The van der Waals surface area contributed by atoms with Crippen LogP contribution < -0.4 is 11.1 Å². The van der Waals surface area contributed by atoms with Gasteiger partial charge in [0.05, 0.1) is 6.10 Å². The van der Waals surface area contributed by atoms with Crippen molar-refractivity contribution in [2.75, 3.05) is 40.3 Å². The molecule has 0 heterocycles. The zero-order valence-corrected chi connectivity index (χ0v) is 12.6. The summed E-state index contributed by atoms with van der Waals surface area (Å²) in [4.78, 5) is 6.42. The Morgan fingerprint density at radius 1 is 1.39 bits per heavy atom. The topological polar surface area (TPSA) is 62.9 Å². The number of nitrogens with zero attached hydrogens (tertiary/aromatic N) is 2. The molecule has 3 N–H and O–H groups in total. The van der Waals surface area contributed by atoms with Gasteiger partial charge in [-0.15, -0.1) is 0 Å². The number of nitrogens with one attached hydrogen (secondary N) is 1. The summed E-state index contributed by atoms with van der Waals surface area (Å²) in [6.07, 6.45) is 1.18. The highest BCUT2D eigenvalue weighted by atomic mass is 16.5. The summed E-state index contributed by atoms with van der Waals surface area (Å²) in [5.41, 5.74) is 5.80. The molecular formula is C13H30N4O. The van der Waals surface area contributed by atoms with Gasteiger partial charge in [-0.05, 0) is 33.4 Å². The van der Waals surface area contributed by atoms with Crippen LogP contribution in [0.4, 0.5) is 0 Å². The Balaban J connectivity index is 3.97. The number of rotatable bonds is 9. The molecule has 0 aromatic heterocycles. The maximum atomic E-state index is 5.80. The molecule has 0 saturated carbocycles. The molecule has 1 atom stereocenters. The maximum Gasteiger partial charge on any atom is 0.188 e. The summed E-state index contributed by atoms with van der Waals surface area (Å²) in [5, 5.41) is 3.13. The maximum absolute atomic E-state index is 5.80. The standard InChI is InChI=1S/C13H30N4O/c1-6-18-12(7-8-17(4)5)10-16-13(14)15-9-11(2)3/h11-12H,6-10H2,1-5H3,(H3,14,15,16). The third-order valence-corrected chi connectivity index (χ3v) is 2.44. The Morgan fingerprint density at radius 2 is 2.06 bits per heavy atom. The largest absolute Gasteiger partial charge is 0.377 e. The van der Waals surface area contributed by atoms with Crippen LogP contribution in [0, 0.1) is 5.92 Å². The fraction of sp³-hybridized carbons (Fsp3) is 0.923. The molecular weight excluding hydrogens is 228 g/mol. The third kappa shape index (κ3) is 10.4. The molecule has 0 radical (unpaired) electrons. The van der Waals surface area contributed by atoms with E-state index in [0.717, 1.165) is 32.7 Å². The molecule has 0 fully saturated rings. The minimum Gasteiger partial charge on any atom is -0.377 e. The number of ether oxygens (including phenoxy) is 1. The second-order valence-electron chi connectivity index (χ2n) is 5.17. The molecule has 0 aliphatic rings. The van der Waals surface area contributed by atoms with E-state index in [-0.39, 0.29) is 6.10 Å². The Labute approximate surface area is 112 Å². The zero-order valence-electron chi connectivity index (χ0n) is 12.6. The minimum absolute atomic E-state index is 0.185. The van der Waals surface area contributed by atoms with Crippen LogP contribution >= 0.6 is 0 Å². The van der Waals surface area contributed by atoms with E-state index in [9.17, 15) is 0 Å².